The molecule has 0 spiro atoms. The second kappa shape index (κ2) is 5.86. The Bertz CT molecular complexity index is 743. The minimum atomic E-state index is -0.838. The van der Waals surface area contributed by atoms with Gasteiger partial charge in [0.1, 0.15) is 12.1 Å². The summed E-state index contributed by atoms with van der Waals surface area (Å²) in [4.78, 5) is 38.3. The van der Waals surface area contributed by atoms with Gasteiger partial charge in [-0.05, 0) is 56.1 Å². The van der Waals surface area contributed by atoms with Crippen molar-refractivity contribution in [1.82, 2.24) is 15.5 Å². The summed E-state index contributed by atoms with van der Waals surface area (Å²) >= 11 is 0. The van der Waals surface area contributed by atoms with E-state index < -0.39 is 11.6 Å². The molecule has 1 heterocycles. The third-order valence-electron chi connectivity index (χ3n) is 5.70. The van der Waals surface area contributed by atoms with E-state index in [1.165, 1.54) is 5.56 Å². The van der Waals surface area contributed by atoms with Gasteiger partial charge in [0.05, 0.1) is 6.04 Å². The van der Waals surface area contributed by atoms with Crippen molar-refractivity contribution in [2.75, 3.05) is 6.54 Å². The van der Waals surface area contributed by atoms with Crippen molar-refractivity contribution in [2.24, 2.45) is 5.92 Å². The first-order chi connectivity index (χ1) is 12.0. The average Bonchev–Trinajstić information content (AvgIpc) is 3.42. The molecular weight excluding hydrogens is 318 g/mol. The van der Waals surface area contributed by atoms with Crippen molar-refractivity contribution < 1.29 is 14.4 Å². The highest BCUT2D eigenvalue weighted by Gasteiger charge is 2.56. The monoisotopic (exact) mass is 341 g/mol. The summed E-state index contributed by atoms with van der Waals surface area (Å²) in [6.45, 7) is 1.55. The maximum Gasteiger partial charge on any atom is 0.325 e. The summed E-state index contributed by atoms with van der Waals surface area (Å²) in [6, 6.07) is 7.60. The lowest BCUT2D eigenvalue weighted by molar-refractivity contribution is -0.135. The predicted octanol–water partition coefficient (Wildman–Crippen LogP) is 1.90. The number of carbonyl (C=O) groups excluding carboxylic acids is 3. The molecule has 6 nitrogen and oxygen atoms in total. The van der Waals surface area contributed by atoms with E-state index in [0.29, 0.717) is 0 Å². The van der Waals surface area contributed by atoms with Crippen LogP contribution in [0.15, 0.2) is 24.3 Å². The first kappa shape index (κ1) is 16.1. The van der Waals surface area contributed by atoms with Crippen LogP contribution in [-0.2, 0) is 16.0 Å². The highest BCUT2D eigenvalue weighted by molar-refractivity contribution is 6.09. The first-order valence-corrected chi connectivity index (χ1v) is 9.00. The fourth-order valence-electron chi connectivity index (χ4n) is 4.08. The average molecular weight is 341 g/mol. The Morgan fingerprint density at radius 3 is 2.80 bits per heavy atom. The van der Waals surface area contributed by atoms with Gasteiger partial charge in [-0.15, -0.1) is 0 Å². The number of hydrogen-bond acceptors (Lipinski definition) is 3. The number of urea groups is 1. The minimum Gasteiger partial charge on any atom is -0.348 e. The fraction of sp³-hybridized carbons (Fsp3) is 0.526. The van der Waals surface area contributed by atoms with Crippen LogP contribution in [0, 0.1) is 5.92 Å². The molecule has 1 aromatic carbocycles. The molecule has 3 aliphatic rings. The highest BCUT2D eigenvalue weighted by Crippen LogP contribution is 2.42. The second-order valence-corrected chi connectivity index (χ2v) is 7.51. The molecule has 6 heteroatoms. The van der Waals surface area contributed by atoms with Crippen LogP contribution < -0.4 is 10.6 Å². The molecule has 1 aliphatic heterocycles. The quantitative estimate of drug-likeness (QED) is 0.821. The lowest BCUT2D eigenvalue weighted by Gasteiger charge is -2.27. The van der Waals surface area contributed by atoms with Gasteiger partial charge in [0.15, 0.2) is 0 Å². The number of carbonyl (C=O) groups is 3. The first-order valence-electron chi connectivity index (χ1n) is 9.00. The molecular formula is C19H23N3O3. The summed E-state index contributed by atoms with van der Waals surface area (Å²) < 4.78 is 0. The van der Waals surface area contributed by atoms with E-state index in [9.17, 15) is 14.4 Å². The van der Waals surface area contributed by atoms with E-state index in [1.54, 1.807) is 6.92 Å². The van der Waals surface area contributed by atoms with Crippen LogP contribution in [0.4, 0.5) is 4.79 Å². The molecule has 132 valence electrons. The van der Waals surface area contributed by atoms with E-state index in [1.807, 2.05) is 18.2 Å². The smallest absolute Gasteiger partial charge is 0.325 e. The normalized spacial score (nSPS) is 28.5. The van der Waals surface area contributed by atoms with E-state index >= 15 is 0 Å². The van der Waals surface area contributed by atoms with Gasteiger partial charge in [0, 0.05) is 0 Å². The van der Waals surface area contributed by atoms with Crippen molar-refractivity contribution in [1.29, 1.82) is 0 Å². The maximum atomic E-state index is 12.6. The van der Waals surface area contributed by atoms with E-state index in [4.69, 9.17) is 0 Å². The van der Waals surface area contributed by atoms with Gasteiger partial charge in [-0.2, -0.15) is 0 Å². The Hall–Kier alpha value is -2.37. The van der Waals surface area contributed by atoms with Gasteiger partial charge < -0.3 is 10.6 Å². The number of imide groups is 1. The van der Waals surface area contributed by atoms with Crippen LogP contribution in [0.1, 0.15) is 49.8 Å². The van der Waals surface area contributed by atoms with Crippen LogP contribution in [0.5, 0.6) is 0 Å². The molecule has 25 heavy (non-hydrogen) atoms. The molecule has 2 fully saturated rings. The molecule has 1 aromatic rings. The Morgan fingerprint density at radius 2 is 2.04 bits per heavy atom. The molecule has 0 radical (unpaired) electrons. The van der Waals surface area contributed by atoms with E-state index in [2.05, 4.69) is 16.7 Å². The Kier molecular flexibility index (Phi) is 3.78. The number of nitrogens with one attached hydrogen (secondary N) is 2. The second-order valence-electron chi connectivity index (χ2n) is 7.51. The van der Waals surface area contributed by atoms with Crippen LogP contribution in [0.3, 0.4) is 0 Å². The van der Waals surface area contributed by atoms with Crippen molar-refractivity contribution in [3.05, 3.63) is 35.4 Å². The molecule has 0 aromatic heterocycles. The Morgan fingerprint density at radius 1 is 1.28 bits per heavy atom. The van der Waals surface area contributed by atoms with Crippen molar-refractivity contribution in [3.63, 3.8) is 0 Å². The third-order valence-corrected chi connectivity index (χ3v) is 5.70. The lowest BCUT2D eigenvalue weighted by Crippen LogP contribution is -2.47. The SMILES string of the molecule is C[C@]1(C2CC2)NC(=O)N(CC(=O)N[C@@H]2CCCc3ccccc32)C1=O. The lowest BCUT2D eigenvalue weighted by atomic mass is 9.88. The molecule has 1 saturated carbocycles. The number of benzene rings is 1. The highest BCUT2D eigenvalue weighted by atomic mass is 16.2. The van der Waals surface area contributed by atoms with Gasteiger partial charge in [0.2, 0.25) is 5.91 Å². The maximum absolute atomic E-state index is 12.6. The van der Waals surface area contributed by atoms with Gasteiger partial charge in [-0.3, -0.25) is 14.5 Å². The zero-order valence-electron chi connectivity index (χ0n) is 14.4. The van der Waals surface area contributed by atoms with Crippen molar-refractivity contribution >= 4 is 17.8 Å². The van der Waals surface area contributed by atoms with Gasteiger partial charge in [0.25, 0.3) is 5.91 Å². The van der Waals surface area contributed by atoms with E-state index in [0.717, 1.165) is 42.6 Å². The van der Waals surface area contributed by atoms with Crippen molar-refractivity contribution in [3.8, 4) is 0 Å². The van der Waals surface area contributed by atoms with Crippen molar-refractivity contribution in [2.45, 2.75) is 50.6 Å². The van der Waals surface area contributed by atoms with E-state index in [-0.39, 0.29) is 30.3 Å². The summed E-state index contributed by atoms with van der Waals surface area (Å²) in [7, 11) is 0. The number of amides is 4. The summed E-state index contributed by atoms with van der Waals surface area (Å²) in [6.07, 6.45) is 4.81. The zero-order chi connectivity index (χ0) is 17.6. The molecule has 1 saturated heterocycles. The zero-order valence-corrected chi connectivity index (χ0v) is 14.4. The summed E-state index contributed by atoms with van der Waals surface area (Å²) in [5.41, 5.74) is 1.56. The van der Waals surface area contributed by atoms with Gasteiger partial charge in [-0.1, -0.05) is 24.3 Å². The minimum absolute atomic E-state index is 0.0481. The third kappa shape index (κ3) is 2.79. The molecule has 4 rings (SSSR count). The molecule has 2 atom stereocenters. The van der Waals surface area contributed by atoms with Gasteiger partial charge >= 0.3 is 6.03 Å². The Balaban J connectivity index is 1.43. The summed E-state index contributed by atoms with van der Waals surface area (Å²) in [5, 5.41) is 5.78. The van der Waals surface area contributed by atoms with Crippen LogP contribution >= 0.6 is 0 Å². The predicted molar refractivity (Wildman–Crippen MR) is 91.6 cm³/mol. The van der Waals surface area contributed by atoms with Gasteiger partial charge in [-0.25, -0.2) is 4.79 Å². The largest absolute Gasteiger partial charge is 0.348 e. The number of fused-ring (bicyclic) bond motifs is 1. The molecule has 0 unspecified atom stereocenters. The number of rotatable bonds is 4. The molecule has 2 N–H and O–H groups in total. The van der Waals surface area contributed by atoms with Crippen LogP contribution in [-0.4, -0.2) is 34.8 Å². The number of hydrogen-bond donors (Lipinski definition) is 2. The summed E-state index contributed by atoms with van der Waals surface area (Å²) in [5.74, 6) is -0.369. The van der Waals surface area contributed by atoms with Crippen LogP contribution in [0.2, 0.25) is 0 Å². The molecule has 2 aliphatic carbocycles. The fourth-order valence-corrected chi connectivity index (χ4v) is 4.08. The number of nitrogens with zero attached hydrogens (tertiary/aromatic N) is 1. The topological polar surface area (TPSA) is 78.5 Å². The Labute approximate surface area is 147 Å². The molecule has 0 bridgehead atoms. The number of aryl methyl sites for hydroxylation is 1. The van der Waals surface area contributed by atoms with Crippen LogP contribution in [0.25, 0.3) is 0 Å². The molecule has 4 amide bonds. The standard InChI is InChI=1S/C19H23N3O3/c1-19(13-9-10-13)17(24)22(18(25)21-19)11-16(23)20-15-8-4-6-12-5-2-3-7-14(12)15/h2-3,5,7,13,15H,4,6,8-11H2,1H3,(H,20,23)(H,21,25)/t15-,19-/m1/s1.